The lowest BCUT2D eigenvalue weighted by Crippen LogP contribution is -2.44. The molecule has 0 aliphatic carbocycles. The van der Waals surface area contributed by atoms with Crippen molar-refractivity contribution in [2.24, 2.45) is 0 Å². The van der Waals surface area contributed by atoms with Gasteiger partial charge in [0.2, 0.25) is 5.91 Å². The van der Waals surface area contributed by atoms with Crippen LogP contribution in [0.4, 0.5) is 0 Å². The number of amides is 1. The summed E-state index contributed by atoms with van der Waals surface area (Å²) < 4.78 is 0.974. The molecule has 1 saturated heterocycles. The highest BCUT2D eigenvalue weighted by molar-refractivity contribution is 8.01. The highest BCUT2D eigenvalue weighted by Crippen LogP contribution is 2.29. The quantitative estimate of drug-likeness (QED) is 0.736. The molecule has 2 heterocycles. The maximum absolute atomic E-state index is 12.5. The molecule has 3 nitrogen and oxygen atoms in total. The number of carbonyl (C=O) groups is 1. The van der Waals surface area contributed by atoms with Crippen LogP contribution in [0.15, 0.2) is 40.1 Å². The van der Waals surface area contributed by atoms with Gasteiger partial charge in [-0.1, -0.05) is 49.0 Å². The van der Waals surface area contributed by atoms with Crippen molar-refractivity contribution in [2.75, 3.05) is 12.3 Å². The van der Waals surface area contributed by atoms with E-state index in [1.54, 1.807) is 23.1 Å². The summed E-state index contributed by atoms with van der Waals surface area (Å²) in [5, 5.41) is 2.07. The fourth-order valence-corrected chi connectivity index (χ4v) is 4.75. The van der Waals surface area contributed by atoms with Gasteiger partial charge in [0.1, 0.15) is 0 Å². The second-order valence-corrected chi connectivity index (χ2v) is 7.88. The van der Waals surface area contributed by atoms with E-state index in [1.807, 2.05) is 18.2 Å². The molecule has 1 atom stereocenters. The molecule has 122 valence electrons. The Hall–Kier alpha value is -1.33. The molecule has 1 fully saturated rings. The van der Waals surface area contributed by atoms with Crippen LogP contribution in [0.2, 0.25) is 0 Å². The summed E-state index contributed by atoms with van der Waals surface area (Å²) >= 11 is 3.19. The van der Waals surface area contributed by atoms with Crippen LogP contribution in [-0.2, 0) is 4.79 Å². The van der Waals surface area contributed by atoms with Crippen LogP contribution in [0.5, 0.6) is 0 Å². The molecule has 2 aromatic rings. The minimum absolute atomic E-state index is 0.262. The third-order valence-corrected chi connectivity index (χ3v) is 6.30. The Morgan fingerprint density at radius 1 is 1.35 bits per heavy atom. The summed E-state index contributed by atoms with van der Waals surface area (Å²) in [6.45, 7) is 3.10. The number of benzene rings is 1. The van der Waals surface area contributed by atoms with Crippen molar-refractivity contribution in [1.29, 1.82) is 0 Å². The number of hydrogen-bond acceptors (Lipinski definition) is 4. The molecule has 1 aliphatic rings. The molecule has 1 aliphatic heterocycles. The number of nitrogens with zero attached hydrogens (tertiary/aromatic N) is 2. The van der Waals surface area contributed by atoms with E-state index < -0.39 is 0 Å². The molecule has 0 radical (unpaired) electrons. The zero-order chi connectivity index (χ0) is 16.1. The highest BCUT2D eigenvalue weighted by atomic mass is 32.2. The van der Waals surface area contributed by atoms with Crippen LogP contribution in [0.3, 0.4) is 0 Å². The number of carbonyl (C=O) groups excluding carboxylic acids is 1. The third-order valence-electron chi connectivity index (χ3n) is 4.29. The van der Waals surface area contributed by atoms with Crippen LogP contribution in [0.1, 0.15) is 32.6 Å². The first kappa shape index (κ1) is 16.5. The lowest BCUT2D eigenvalue weighted by atomic mass is 10.0. The average molecular weight is 347 g/mol. The maximum atomic E-state index is 12.5. The predicted molar refractivity (Wildman–Crippen MR) is 97.9 cm³/mol. The van der Waals surface area contributed by atoms with Gasteiger partial charge in [0.15, 0.2) is 4.34 Å². The molecule has 0 bridgehead atoms. The molecule has 0 saturated carbocycles. The fraction of sp³-hybridized carbons (Fsp3) is 0.444. The lowest BCUT2D eigenvalue weighted by Gasteiger charge is -2.35. The minimum atomic E-state index is 0.262. The van der Waals surface area contributed by atoms with Gasteiger partial charge in [-0.25, -0.2) is 4.98 Å². The number of hydrogen-bond donors (Lipinski definition) is 0. The van der Waals surface area contributed by atoms with Crippen molar-refractivity contribution >= 4 is 29.0 Å². The van der Waals surface area contributed by atoms with Crippen LogP contribution >= 0.6 is 23.1 Å². The molecule has 1 aromatic heterocycles. The number of aromatic nitrogens is 1. The zero-order valence-corrected chi connectivity index (χ0v) is 15.0. The molecular formula is C18H22N2OS2. The first-order valence-electron chi connectivity index (χ1n) is 8.21. The van der Waals surface area contributed by atoms with Gasteiger partial charge in [-0.05, 0) is 25.7 Å². The predicted octanol–water partition coefficient (Wildman–Crippen LogP) is 4.69. The van der Waals surface area contributed by atoms with Crippen LogP contribution in [-0.4, -0.2) is 34.1 Å². The molecule has 0 spiro atoms. The monoisotopic (exact) mass is 346 g/mol. The molecule has 23 heavy (non-hydrogen) atoms. The van der Waals surface area contributed by atoms with E-state index in [1.165, 1.54) is 6.42 Å². The minimum Gasteiger partial charge on any atom is -0.339 e. The highest BCUT2D eigenvalue weighted by Gasteiger charge is 2.25. The Labute approximate surface area is 146 Å². The zero-order valence-electron chi connectivity index (χ0n) is 13.4. The number of likely N-dealkylation sites (tertiary alicyclic amines) is 1. The van der Waals surface area contributed by atoms with E-state index in [0.29, 0.717) is 11.8 Å². The van der Waals surface area contributed by atoms with Gasteiger partial charge in [0, 0.05) is 23.5 Å². The largest absolute Gasteiger partial charge is 0.339 e. The SMILES string of the molecule is CCC1CCCCN1C(=O)CSc1nc(-c2ccccc2)cs1. The third kappa shape index (κ3) is 4.15. The van der Waals surface area contributed by atoms with Crippen molar-refractivity contribution in [2.45, 2.75) is 43.0 Å². The van der Waals surface area contributed by atoms with Crippen molar-refractivity contribution in [3.63, 3.8) is 0 Å². The first-order chi connectivity index (χ1) is 11.3. The number of thiazole rings is 1. The normalized spacial score (nSPS) is 18.1. The second-order valence-electron chi connectivity index (χ2n) is 5.80. The van der Waals surface area contributed by atoms with Crippen LogP contribution in [0.25, 0.3) is 11.3 Å². The van der Waals surface area contributed by atoms with Crippen molar-refractivity contribution in [3.05, 3.63) is 35.7 Å². The average Bonchev–Trinajstić information content (AvgIpc) is 3.09. The van der Waals surface area contributed by atoms with Crippen molar-refractivity contribution < 1.29 is 4.79 Å². The van der Waals surface area contributed by atoms with Gasteiger partial charge in [0.05, 0.1) is 11.4 Å². The molecule has 3 rings (SSSR count). The summed E-state index contributed by atoms with van der Waals surface area (Å²) in [4.78, 5) is 19.2. The molecule has 0 N–H and O–H groups in total. The number of rotatable bonds is 5. The molecule has 1 aromatic carbocycles. The van der Waals surface area contributed by atoms with E-state index in [0.717, 1.165) is 41.4 Å². The van der Waals surface area contributed by atoms with Gasteiger partial charge >= 0.3 is 0 Å². The summed E-state index contributed by atoms with van der Waals surface area (Å²) in [7, 11) is 0. The Morgan fingerprint density at radius 3 is 2.96 bits per heavy atom. The Bertz CT molecular complexity index is 641. The summed E-state index contributed by atoms with van der Waals surface area (Å²) in [6.07, 6.45) is 4.61. The summed E-state index contributed by atoms with van der Waals surface area (Å²) in [5.74, 6) is 0.760. The van der Waals surface area contributed by atoms with Crippen molar-refractivity contribution in [3.8, 4) is 11.3 Å². The Kier molecular flexibility index (Phi) is 5.73. The lowest BCUT2D eigenvalue weighted by molar-refractivity contribution is -0.132. The first-order valence-corrected chi connectivity index (χ1v) is 10.1. The standard InChI is InChI=1S/C18H22N2OS2/c1-2-15-10-6-7-11-20(15)17(21)13-23-18-19-16(12-22-18)14-8-4-3-5-9-14/h3-5,8-9,12,15H,2,6-7,10-11,13H2,1H3. The number of piperidine rings is 1. The van der Waals surface area contributed by atoms with E-state index in [4.69, 9.17) is 0 Å². The fourth-order valence-electron chi connectivity index (χ4n) is 3.02. The maximum Gasteiger partial charge on any atom is 0.233 e. The Morgan fingerprint density at radius 2 is 2.17 bits per heavy atom. The molecule has 1 unspecified atom stereocenters. The van der Waals surface area contributed by atoms with E-state index >= 15 is 0 Å². The van der Waals surface area contributed by atoms with Gasteiger partial charge in [-0.2, -0.15) is 0 Å². The van der Waals surface area contributed by atoms with Crippen LogP contribution in [0, 0.1) is 0 Å². The Balaban J connectivity index is 1.58. The topological polar surface area (TPSA) is 33.2 Å². The smallest absolute Gasteiger partial charge is 0.233 e. The van der Waals surface area contributed by atoms with E-state index in [9.17, 15) is 4.79 Å². The molecule has 1 amide bonds. The van der Waals surface area contributed by atoms with E-state index in [-0.39, 0.29) is 5.91 Å². The summed E-state index contributed by atoms with van der Waals surface area (Å²) in [5.41, 5.74) is 2.12. The second kappa shape index (κ2) is 7.97. The van der Waals surface area contributed by atoms with Crippen molar-refractivity contribution in [1.82, 2.24) is 9.88 Å². The van der Waals surface area contributed by atoms with Gasteiger partial charge < -0.3 is 4.90 Å². The number of thioether (sulfide) groups is 1. The van der Waals surface area contributed by atoms with Crippen LogP contribution < -0.4 is 0 Å². The molecular weight excluding hydrogens is 324 g/mol. The van der Waals surface area contributed by atoms with Gasteiger partial charge in [-0.3, -0.25) is 4.79 Å². The molecule has 5 heteroatoms. The van der Waals surface area contributed by atoms with Gasteiger partial charge in [-0.15, -0.1) is 11.3 Å². The van der Waals surface area contributed by atoms with Gasteiger partial charge in [0.25, 0.3) is 0 Å². The summed E-state index contributed by atoms with van der Waals surface area (Å²) in [6, 6.07) is 10.6. The van der Waals surface area contributed by atoms with E-state index in [2.05, 4.69) is 34.3 Å².